The van der Waals surface area contributed by atoms with Gasteiger partial charge in [-0.05, 0) is 60.2 Å². The molecule has 34 heavy (non-hydrogen) atoms. The Bertz CT molecular complexity index is 1220. The number of aliphatic carboxylic acids is 1. The fourth-order valence-corrected chi connectivity index (χ4v) is 4.28. The van der Waals surface area contributed by atoms with E-state index < -0.39 is 21.9 Å². The molecule has 0 bridgehead atoms. The maximum Gasteiger partial charge on any atom is 0.334 e. The molecular formula is C24H26FN3O5S. The number of carbonyl (C=O) groups is 1. The van der Waals surface area contributed by atoms with Gasteiger partial charge in [0.2, 0.25) is 0 Å². The zero-order chi connectivity index (χ0) is 24.7. The predicted molar refractivity (Wildman–Crippen MR) is 125 cm³/mol. The molecule has 3 aromatic rings. The van der Waals surface area contributed by atoms with Gasteiger partial charge in [0, 0.05) is 18.6 Å². The Hall–Kier alpha value is -3.34. The quantitative estimate of drug-likeness (QED) is 0.397. The van der Waals surface area contributed by atoms with Gasteiger partial charge in [-0.25, -0.2) is 28.5 Å². The zero-order valence-corrected chi connectivity index (χ0v) is 19.4. The molecule has 0 radical (unpaired) electrons. The summed E-state index contributed by atoms with van der Waals surface area (Å²) in [6.07, 6.45) is 7.98. The fourth-order valence-electron chi connectivity index (χ4n) is 3.65. The minimum absolute atomic E-state index is 0.149. The van der Waals surface area contributed by atoms with Crippen molar-refractivity contribution in [3.05, 3.63) is 90.3 Å². The Balaban J connectivity index is 1.99. The molecule has 10 heteroatoms. The normalized spacial score (nSPS) is 14.0. The number of rotatable bonds is 11. The van der Waals surface area contributed by atoms with Crippen LogP contribution in [0.5, 0.6) is 0 Å². The van der Waals surface area contributed by atoms with Crippen LogP contribution in [0.4, 0.5) is 4.39 Å². The highest BCUT2D eigenvalue weighted by Crippen LogP contribution is 2.32. The minimum atomic E-state index is -3.32. The number of allylic oxidation sites excluding steroid dienone is 2. The Morgan fingerprint density at radius 3 is 2.41 bits per heavy atom. The lowest BCUT2D eigenvalue weighted by Gasteiger charge is -2.23. The van der Waals surface area contributed by atoms with Crippen molar-refractivity contribution in [2.75, 3.05) is 6.26 Å². The lowest BCUT2D eigenvalue weighted by molar-refractivity contribution is -0.151. The predicted octanol–water partition coefficient (Wildman–Crippen LogP) is 3.42. The van der Waals surface area contributed by atoms with Crippen molar-refractivity contribution in [1.82, 2.24) is 9.55 Å². The first-order valence-corrected chi connectivity index (χ1v) is 12.4. The second-order valence-corrected chi connectivity index (χ2v) is 9.87. The van der Waals surface area contributed by atoms with E-state index in [-0.39, 0.29) is 23.2 Å². The molecule has 8 nitrogen and oxygen atoms in total. The third-order valence-corrected chi connectivity index (χ3v) is 6.56. The van der Waals surface area contributed by atoms with Crippen LogP contribution in [-0.4, -0.2) is 41.4 Å². The van der Waals surface area contributed by atoms with Crippen molar-refractivity contribution in [2.24, 2.45) is 5.90 Å². The van der Waals surface area contributed by atoms with Gasteiger partial charge in [-0.1, -0.05) is 30.3 Å². The van der Waals surface area contributed by atoms with Crippen LogP contribution in [0.3, 0.4) is 0 Å². The maximum absolute atomic E-state index is 13.6. The van der Waals surface area contributed by atoms with E-state index in [0.717, 1.165) is 23.0 Å². The first-order chi connectivity index (χ1) is 16.2. The molecule has 0 fully saturated rings. The van der Waals surface area contributed by atoms with Gasteiger partial charge in [0.05, 0.1) is 17.3 Å². The number of carboxylic acid groups (broad SMARTS) is 1. The Morgan fingerprint density at radius 1 is 1.21 bits per heavy atom. The molecule has 1 heterocycles. The van der Waals surface area contributed by atoms with Gasteiger partial charge in [0.15, 0.2) is 15.9 Å². The fraction of sp³-hybridized carbons (Fsp3) is 0.250. The van der Waals surface area contributed by atoms with Crippen molar-refractivity contribution >= 4 is 21.4 Å². The molecule has 0 amide bonds. The summed E-state index contributed by atoms with van der Waals surface area (Å²) >= 11 is 0. The van der Waals surface area contributed by atoms with Crippen LogP contribution in [0.15, 0.2) is 78.2 Å². The van der Waals surface area contributed by atoms with E-state index in [2.05, 4.69) is 9.82 Å². The molecule has 0 aliphatic rings. The zero-order valence-electron chi connectivity index (χ0n) is 18.5. The largest absolute Gasteiger partial charge is 0.479 e. The number of carboxylic acids is 1. The van der Waals surface area contributed by atoms with E-state index in [0.29, 0.717) is 12.8 Å². The number of nitrogens with two attached hydrogens (primary N) is 1. The van der Waals surface area contributed by atoms with Crippen LogP contribution in [0.25, 0.3) is 5.57 Å². The highest BCUT2D eigenvalue weighted by Gasteiger charge is 2.21. The number of benzene rings is 2. The van der Waals surface area contributed by atoms with E-state index in [1.807, 2.05) is 10.6 Å². The van der Waals surface area contributed by atoms with Crippen molar-refractivity contribution in [3.8, 4) is 0 Å². The molecule has 0 spiro atoms. The third kappa shape index (κ3) is 6.60. The first-order valence-electron chi connectivity index (χ1n) is 10.5. The van der Waals surface area contributed by atoms with Crippen molar-refractivity contribution in [1.29, 1.82) is 0 Å². The number of imidazole rings is 1. The SMILES string of the molecule is CS(=O)(=O)c1ccc(CC(/C(=C/CCC(ON)C(=O)O)c2ccc(F)cc2)n2ccnc2)cc1. The molecule has 0 aliphatic heterocycles. The van der Waals surface area contributed by atoms with Crippen LogP contribution >= 0.6 is 0 Å². The molecular weight excluding hydrogens is 461 g/mol. The Labute approximate surface area is 197 Å². The van der Waals surface area contributed by atoms with Gasteiger partial charge < -0.3 is 9.67 Å². The highest BCUT2D eigenvalue weighted by molar-refractivity contribution is 7.90. The monoisotopic (exact) mass is 487 g/mol. The van der Waals surface area contributed by atoms with E-state index in [1.165, 1.54) is 12.1 Å². The van der Waals surface area contributed by atoms with E-state index in [4.69, 9.17) is 5.90 Å². The minimum Gasteiger partial charge on any atom is -0.479 e. The molecule has 180 valence electrons. The summed E-state index contributed by atoms with van der Waals surface area (Å²) in [6, 6.07) is 12.4. The van der Waals surface area contributed by atoms with Crippen LogP contribution in [-0.2, 0) is 25.9 Å². The van der Waals surface area contributed by atoms with Gasteiger partial charge in [-0.2, -0.15) is 0 Å². The Morgan fingerprint density at radius 2 is 1.88 bits per heavy atom. The number of hydrogen-bond donors (Lipinski definition) is 2. The Kier molecular flexibility index (Phi) is 8.32. The number of aromatic nitrogens is 2. The second kappa shape index (κ2) is 11.2. The summed E-state index contributed by atoms with van der Waals surface area (Å²) in [6.45, 7) is 0. The number of nitrogens with zero attached hydrogens (tertiary/aromatic N) is 2. The summed E-state index contributed by atoms with van der Waals surface area (Å²) < 4.78 is 39.1. The molecule has 2 atom stereocenters. The molecule has 0 saturated carbocycles. The van der Waals surface area contributed by atoms with Crippen molar-refractivity contribution in [3.63, 3.8) is 0 Å². The average molecular weight is 488 g/mol. The number of halogens is 1. The van der Waals surface area contributed by atoms with E-state index in [9.17, 15) is 22.7 Å². The van der Waals surface area contributed by atoms with Gasteiger partial charge >= 0.3 is 5.97 Å². The van der Waals surface area contributed by atoms with Crippen LogP contribution in [0.2, 0.25) is 0 Å². The molecule has 1 aromatic heterocycles. The second-order valence-electron chi connectivity index (χ2n) is 7.85. The van der Waals surface area contributed by atoms with E-state index in [1.54, 1.807) is 55.1 Å². The third-order valence-electron chi connectivity index (χ3n) is 5.43. The van der Waals surface area contributed by atoms with E-state index >= 15 is 0 Å². The molecule has 2 aromatic carbocycles. The topological polar surface area (TPSA) is 125 Å². The van der Waals surface area contributed by atoms with Crippen LogP contribution in [0, 0.1) is 5.82 Å². The number of hydrogen-bond acceptors (Lipinski definition) is 6. The van der Waals surface area contributed by atoms with Crippen LogP contribution < -0.4 is 5.90 Å². The smallest absolute Gasteiger partial charge is 0.334 e. The summed E-state index contributed by atoms with van der Waals surface area (Å²) in [4.78, 5) is 20.2. The summed E-state index contributed by atoms with van der Waals surface area (Å²) in [5, 5.41) is 9.20. The summed E-state index contributed by atoms with van der Waals surface area (Å²) in [7, 11) is -3.32. The highest BCUT2D eigenvalue weighted by atomic mass is 32.2. The first kappa shape index (κ1) is 25.3. The van der Waals surface area contributed by atoms with Gasteiger partial charge in [0.25, 0.3) is 0 Å². The molecule has 2 unspecified atom stereocenters. The molecule has 0 aliphatic carbocycles. The molecule has 3 rings (SSSR count). The van der Waals surface area contributed by atoms with Crippen molar-refractivity contribution in [2.45, 2.75) is 36.3 Å². The van der Waals surface area contributed by atoms with Gasteiger partial charge in [-0.15, -0.1) is 0 Å². The lowest BCUT2D eigenvalue weighted by Crippen LogP contribution is -2.26. The summed E-state index contributed by atoms with van der Waals surface area (Å²) in [5.41, 5.74) is 2.47. The maximum atomic E-state index is 13.6. The number of sulfone groups is 1. The molecule has 0 saturated heterocycles. The van der Waals surface area contributed by atoms with Gasteiger partial charge in [-0.3, -0.25) is 4.84 Å². The standard InChI is InChI=1S/C24H26FN3O5S/c1-34(31,32)20-11-5-17(6-12-20)15-22(28-14-13-27-16-28)21(18-7-9-19(25)10-8-18)3-2-4-23(33-26)24(29)30/h3,5-14,16,22-23H,2,4,15,26H2,1H3,(H,29,30)/b21-3+. The van der Waals surface area contributed by atoms with Gasteiger partial charge in [0.1, 0.15) is 5.82 Å². The van der Waals surface area contributed by atoms with Crippen LogP contribution in [0.1, 0.15) is 30.0 Å². The molecule has 3 N–H and O–H groups in total. The average Bonchev–Trinajstić information content (AvgIpc) is 3.33. The van der Waals surface area contributed by atoms with Crippen molar-refractivity contribution < 1.29 is 27.5 Å². The lowest BCUT2D eigenvalue weighted by atomic mass is 9.91. The summed E-state index contributed by atoms with van der Waals surface area (Å²) in [5.74, 6) is 3.57.